The van der Waals surface area contributed by atoms with Crippen LogP contribution in [-0.2, 0) is 4.79 Å². The number of rotatable bonds is 6. The molecule has 0 radical (unpaired) electrons. The Hall–Kier alpha value is -0.570. The molecule has 0 bridgehead atoms. The van der Waals surface area contributed by atoms with E-state index in [9.17, 15) is 4.79 Å². The topological polar surface area (TPSA) is 40.5 Å². The van der Waals surface area contributed by atoms with Crippen LogP contribution < -0.4 is 0 Å². The molecule has 0 aromatic carbocycles. The summed E-state index contributed by atoms with van der Waals surface area (Å²) in [5, 5.41) is 9.11. The third-order valence-electron chi connectivity index (χ3n) is 4.27. The summed E-state index contributed by atoms with van der Waals surface area (Å²) in [5.74, 6) is 0.308. The van der Waals surface area contributed by atoms with Gasteiger partial charge in [-0.1, -0.05) is 25.7 Å². The van der Waals surface area contributed by atoms with E-state index >= 15 is 0 Å². The second-order valence-electron chi connectivity index (χ2n) is 5.76. The molecule has 16 heavy (non-hydrogen) atoms. The third kappa shape index (κ3) is 2.76. The van der Waals surface area contributed by atoms with Crippen molar-refractivity contribution in [3.05, 3.63) is 0 Å². The first-order chi connectivity index (χ1) is 7.62. The standard InChI is InChI=1S/C13H23NO2/c1-14(9-6-11-4-2-3-5-11)10-13(7-8-13)12(15)16/h11H,2-10H2,1H3,(H,15,16). The molecule has 3 heteroatoms. The molecule has 2 saturated carbocycles. The highest BCUT2D eigenvalue weighted by Gasteiger charge is 2.50. The number of carboxylic acids is 1. The van der Waals surface area contributed by atoms with Gasteiger partial charge in [-0.3, -0.25) is 4.79 Å². The first-order valence-corrected chi connectivity index (χ1v) is 6.54. The van der Waals surface area contributed by atoms with Crippen LogP contribution >= 0.6 is 0 Å². The Morgan fingerprint density at radius 2 is 2.00 bits per heavy atom. The monoisotopic (exact) mass is 225 g/mol. The van der Waals surface area contributed by atoms with Crippen LogP contribution in [0, 0.1) is 11.3 Å². The number of aliphatic carboxylic acids is 1. The van der Waals surface area contributed by atoms with Crippen molar-refractivity contribution in [2.75, 3.05) is 20.1 Å². The van der Waals surface area contributed by atoms with Crippen LogP contribution in [0.4, 0.5) is 0 Å². The molecule has 0 spiro atoms. The second-order valence-corrected chi connectivity index (χ2v) is 5.76. The van der Waals surface area contributed by atoms with Crippen LogP contribution in [0.25, 0.3) is 0 Å². The minimum atomic E-state index is -0.597. The van der Waals surface area contributed by atoms with Crippen LogP contribution in [0.5, 0.6) is 0 Å². The van der Waals surface area contributed by atoms with Crippen LogP contribution in [0.15, 0.2) is 0 Å². The van der Waals surface area contributed by atoms with Gasteiger partial charge in [-0.05, 0) is 38.8 Å². The lowest BCUT2D eigenvalue weighted by Gasteiger charge is -2.22. The smallest absolute Gasteiger partial charge is 0.310 e. The van der Waals surface area contributed by atoms with Crippen LogP contribution in [0.2, 0.25) is 0 Å². The number of nitrogens with zero attached hydrogens (tertiary/aromatic N) is 1. The molecule has 0 atom stereocenters. The zero-order valence-electron chi connectivity index (χ0n) is 10.2. The van der Waals surface area contributed by atoms with E-state index in [1.54, 1.807) is 0 Å². The van der Waals surface area contributed by atoms with Gasteiger partial charge in [0, 0.05) is 6.54 Å². The first kappa shape index (κ1) is 11.9. The van der Waals surface area contributed by atoms with Crippen molar-refractivity contribution in [3.8, 4) is 0 Å². The molecule has 2 fully saturated rings. The predicted octanol–water partition coefficient (Wildman–Crippen LogP) is 2.36. The molecule has 2 rings (SSSR count). The van der Waals surface area contributed by atoms with Crippen molar-refractivity contribution in [1.29, 1.82) is 0 Å². The molecule has 2 aliphatic rings. The number of hydrogen-bond acceptors (Lipinski definition) is 2. The number of carboxylic acid groups (broad SMARTS) is 1. The van der Waals surface area contributed by atoms with Crippen molar-refractivity contribution in [1.82, 2.24) is 4.90 Å². The fourth-order valence-corrected chi connectivity index (χ4v) is 2.89. The largest absolute Gasteiger partial charge is 0.481 e. The lowest BCUT2D eigenvalue weighted by molar-refractivity contribution is -0.144. The summed E-state index contributed by atoms with van der Waals surface area (Å²) in [5.41, 5.74) is -0.384. The summed E-state index contributed by atoms with van der Waals surface area (Å²) in [6, 6.07) is 0. The van der Waals surface area contributed by atoms with Crippen molar-refractivity contribution in [2.24, 2.45) is 11.3 Å². The molecule has 0 aromatic heterocycles. The van der Waals surface area contributed by atoms with E-state index in [1.807, 2.05) is 0 Å². The first-order valence-electron chi connectivity index (χ1n) is 6.54. The Labute approximate surface area is 97.8 Å². The number of carbonyl (C=O) groups is 1. The lowest BCUT2D eigenvalue weighted by atomic mass is 10.0. The minimum absolute atomic E-state index is 0.384. The number of hydrogen-bond donors (Lipinski definition) is 1. The summed E-state index contributed by atoms with van der Waals surface area (Å²) in [4.78, 5) is 13.3. The molecule has 0 aliphatic heterocycles. The van der Waals surface area contributed by atoms with Crippen molar-refractivity contribution in [2.45, 2.75) is 44.9 Å². The van der Waals surface area contributed by atoms with Crippen LogP contribution in [-0.4, -0.2) is 36.1 Å². The molecule has 0 heterocycles. The normalized spacial score (nSPS) is 23.9. The van der Waals surface area contributed by atoms with E-state index in [1.165, 1.54) is 32.1 Å². The predicted molar refractivity (Wildman–Crippen MR) is 63.4 cm³/mol. The Morgan fingerprint density at radius 1 is 1.38 bits per heavy atom. The van der Waals surface area contributed by atoms with Gasteiger partial charge in [0.15, 0.2) is 0 Å². The average Bonchev–Trinajstić information content (AvgIpc) is 2.84. The van der Waals surface area contributed by atoms with Crippen molar-refractivity contribution < 1.29 is 9.90 Å². The fourth-order valence-electron chi connectivity index (χ4n) is 2.89. The Balaban J connectivity index is 1.68. The quantitative estimate of drug-likeness (QED) is 0.754. The van der Waals surface area contributed by atoms with Gasteiger partial charge < -0.3 is 10.0 Å². The van der Waals surface area contributed by atoms with Crippen molar-refractivity contribution in [3.63, 3.8) is 0 Å². The highest BCUT2D eigenvalue weighted by Crippen LogP contribution is 2.46. The van der Waals surface area contributed by atoms with E-state index in [0.717, 1.165) is 31.8 Å². The molecule has 0 saturated heterocycles. The maximum atomic E-state index is 11.1. The van der Waals surface area contributed by atoms with Crippen LogP contribution in [0.1, 0.15) is 44.9 Å². The molecule has 2 aliphatic carbocycles. The molecular weight excluding hydrogens is 202 g/mol. The Bertz CT molecular complexity index is 255. The fraction of sp³-hybridized carbons (Fsp3) is 0.923. The second kappa shape index (κ2) is 4.74. The molecular formula is C13H23NO2. The maximum Gasteiger partial charge on any atom is 0.310 e. The SMILES string of the molecule is CN(CCC1CCCC1)CC1(C(=O)O)CC1. The summed E-state index contributed by atoms with van der Waals surface area (Å²) in [6.45, 7) is 1.81. The van der Waals surface area contributed by atoms with Gasteiger partial charge in [0.25, 0.3) is 0 Å². The molecule has 0 aromatic rings. The lowest BCUT2D eigenvalue weighted by Crippen LogP contribution is -2.33. The van der Waals surface area contributed by atoms with E-state index in [4.69, 9.17) is 5.11 Å². The molecule has 3 nitrogen and oxygen atoms in total. The van der Waals surface area contributed by atoms with Gasteiger partial charge in [0.2, 0.25) is 0 Å². The van der Waals surface area contributed by atoms with Gasteiger partial charge in [0.05, 0.1) is 5.41 Å². The Kier molecular flexibility index (Phi) is 3.53. The third-order valence-corrected chi connectivity index (χ3v) is 4.27. The zero-order valence-corrected chi connectivity index (χ0v) is 10.2. The van der Waals surface area contributed by atoms with Crippen molar-refractivity contribution >= 4 is 5.97 Å². The van der Waals surface area contributed by atoms with E-state index in [-0.39, 0.29) is 5.41 Å². The summed E-state index contributed by atoms with van der Waals surface area (Å²) in [6.07, 6.45) is 8.56. The molecule has 1 N–H and O–H groups in total. The molecule has 92 valence electrons. The summed E-state index contributed by atoms with van der Waals surface area (Å²) < 4.78 is 0. The molecule has 0 amide bonds. The van der Waals surface area contributed by atoms with Crippen LogP contribution in [0.3, 0.4) is 0 Å². The molecule has 0 unspecified atom stereocenters. The summed E-state index contributed by atoms with van der Waals surface area (Å²) in [7, 11) is 2.07. The van der Waals surface area contributed by atoms with Gasteiger partial charge in [-0.25, -0.2) is 0 Å². The highest BCUT2D eigenvalue weighted by molar-refractivity contribution is 5.78. The minimum Gasteiger partial charge on any atom is -0.481 e. The van der Waals surface area contributed by atoms with Gasteiger partial charge in [-0.2, -0.15) is 0 Å². The van der Waals surface area contributed by atoms with Gasteiger partial charge in [-0.15, -0.1) is 0 Å². The highest BCUT2D eigenvalue weighted by atomic mass is 16.4. The van der Waals surface area contributed by atoms with E-state index in [2.05, 4.69) is 11.9 Å². The van der Waals surface area contributed by atoms with Gasteiger partial charge in [0.1, 0.15) is 0 Å². The van der Waals surface area contributed by atoms with E-state index < -0.39 is 5.97 Å². The maximum absolute atomic E-state index is 11.1. The average molecular weight is 225 g/mol. The van der Waals surface area contributed by atoms with Gasteiger partial charge >= 0.3 is 5.97 Å². The van der Waals surface area contributed by atoms with E-state index in [0.29, 0.717) is 0 Å². The Morgan fingerprint density at radius 3 is 2.50 bits per heavy atom. The zero-order chi connectivity index (χ0) is 11.6. The summed E-state index contributed by atoms with van der Waals surface area (Å²) >= 11 is 0.